The molecule has 1 amide bonds. The molecule has 0 spiro atoms. The summed E-state index contributed by atoms with van der Waals surface area (Å²) in [6.45, 7) is 2.55. The zero-order valence-corrected chi connectivity index (χ0v) is 15.6. The number of aromatic nitrogens is 3. The highest BCUT2D eigenvalue weighted by Gasteiger charge is 2.21. The second-order valence-electron chi connectivity index (χ2n) is 6.70. The van der Waals surface area contributed by atoms with Crippen molar-refractivity contribution in [2.45, 2.75) is 49.4 Å². The molecule has 0 unspecified atom stereocenters. The summed E-state index contributed by atoms with van der Waals surface area (Å²) in [6, 6.07) is 6.01. The van der Waals surface area contributed by atoms with Gasteiger partial charge in [-0.15, -0.1) is 10.2 Å². The van der Waals surface area contributed by atoms with Crippen molar-refractivity contribution in [3.8, 4) is 11.4 Å². The topological polar surface area (TPSA) is 85.8 Å². The Kier molecular flexibility index (Phi) is 6.13. The van der Waals surface area contributed by atoms with Gasteiger partial charge in [-0.2, -0.15) is 0 Å². The Morgan fingerprint density at radius 1 is 1.38 bits per heavy atom. The minimum Gasteiger partial charge on any atom is -0.355 e. The van der Waals surface area contributed by atoms with E-state index in [0.717, 1.165) is 6.54 Å². The number of hydrogen-bond donors (Lipinski definition) is 2. The number of thioether (sulfide) groups is 1. The van der Waals surface area contributed by atoms with Crippen LogP contribution in [0, 0.1) is 11.7 Å². The molecule has 26 heavy (non-hydrogen) atoms. The molecule has 1 aromatic carbocycles. The minimum atomic E-state index is -0.366. The minimum absolute atomic E-state index is 0.0316. The Morgan fingerprint density at radius 2 is 2.15 bits per heavy atom. The summed E-state index contributed by atoms with van der Waals surface area (Å²) in [4.78, 5) is 12.3. The van der Waals surface area contributed by atoms with Crippen molar-refractivity contribution in [2.24, 2.45) is 5.92 Å². The molecule has 1 fully saturated rings. The fourth-order valence-electron chi connectivity index (χ4n) is 3.17. The van der Waals surface area contributed by atoms with Crippen LogP contribution in [0.25, 0.3) is 11.4 Å². The lowest BCUT2D eigenvalue weighted by Gasteiger charge is -2.22. The van der Waals surface area contributed by atoms with Crippen LogP contribution in [0.3, 0.4) is 0 Å². The molecule has 0 aliphatic heterocycles. The quantitative estimate of drug-likeness (QED) is 0.597. The Labute approximate surface area is 156 Å². The third kappa shape index (κ3) is 4.55. The first kappa shape index (κ1) is 18.7. The molecule has 0 radical (unpaired) electrons. The van der Waals surface area contributed by atoms with Gasteiger partial charge in [-0.05, 0) is 37.8 Å². The summed E-state index contributed by atoms with van der Waals surface area (Å²) >= 11 is 1.24. The fraction of sp³-hybridized carbons (Fsp3) is 0.500. The zero-order valence-electron chi connectivity index (χ0n) is 14.8. The predicted octanol–water partition coefficient (Wildman–Crippen LogP) is 2.98. The van der Waals surface area contributed by atoms with Gasteiger partial charge in [-0.1, -0.05) is 43.2 Å². The number of nitrogens with zero attached hydrogens (tertiary/aromatic N) is 3. The number of nitrogen functional groups attached to an aromatic ring is 1. The van der Waals surface area contributed by atoms with Crippen LogP contribution in [0.4, 0.5) is 4.39 Å². The van der Waals surface area contributed by atoms with Gasteiger partial charge in [-0.3, -0.25) is 4.79 Å². The summed E-state index contributed by atoms with van der Waals surface area (Å²) in [6.07, 6.45) is 6.19. The SMILES string of the molecule is C[C@@H](Sc1nnc(-c2cccc(F)c2)n1N)C(=O)NCC1CCCCC1. The van der Waals surface area contributed by atoms with Crippen LogP contribution in [0.1, 0.15) is 39.0 Å². The highest BCUT2D eigenvalue weighted by atomic mass is 32.2. The van der Waals surface area contributed by atoms with Gasteiger partial charge in [0.15, 0.2) is 5.82 Å². The van der Waals surface area contributed by atoms with E-state index in [4.69, 9.17) is 5.84 Å². The molecule has 8 heteroatoms. The molecule has 2 aromatic rings. The Balaban J connectivity index is 1.58. The molecule has 1 aromatic heterocycles. The number of halogens is 1. The summed E-state index contributed by atoms with van der Waals surface area (Å²) in [5.41, 5.74) is 0.543. The third-order valence-electron chi connectivity index (χ3n) is 4.69. The predicted molar refractivity (Wildman–Crippen MR) is 100 cm³/mol. The molecule has 1 heterocycles. The lowest BCUT2D eigenvalue weighted by atomic mass is 9.89. The fourth-order valence-corrected chi connectivity index (χ4v) is 3.97. The van der Waals surface area contributed by atoms with Crippen molar-refractivity contribution >= 4 is 17.7 Å². The number of hydrogen-bond acceptors (Lipinski definition) is 5. The molecule has 3 N–H and O–H groups in total. The van der Waals surface area contributed by atoms with E-state index < -0.39 is 0 Å². The maximum Gasteiger partial charge on any atom is 0.233 e. The molecule has 1 aliphatic rings. The normalized spacial score (nSPS) is 16.4. The van der Waals surface area contributed by atoms with E-state index in [1.807, 2.05) is 6.92 Å². The third-order valence-corrected chi connectivity index (χ3v) is 5.75. The Hall–Kier alpha value is -2.09. The van der Waals surface area contributed by atoms with Crippen LogP contribution in [-0.4, -0.2) is 32.6 Å². The average molecular weight is 377 g/mol. The van der Waals surface area contributed by atoms with Crippen molar-refractivity contribution in [3.05, 3.63) is 30.1 Å². The van der Waals surface area contributed by atoms with Gasteiger partial charge in [0.25, 0.3) is 0 Å². The van der Waals surface area contributed by atoms with Crippen molar-refractivity contribution in [1.29, 1.82) is 0 Å². The summed E-state index contributed by atoms with van der Waals surface area (Å²) < 4.78 is 14.7. The molecule has 0 bridgehead atoms. The lowest BCUT2D eigenvalue weighted by Crippen LogP contribution is -2.35. The number of amides is 1. The first-order valence-corrected chi connectivity index (χ1v) is 9.83. The molecule has 140 valence electrons. The number of nitrogens with two attached hydrogens (primary N) is 1. The zero-order chi connectivity index (χ0) is 18.5. The molecular weight excluding hydrogens is 353 g/mol. The van der Waals surface area contributed by atoms with Crippen molar-refractivity contribution < 1.29 is 9.18 Å². The molecule has 3 rings (SSSR count). The second kappa shape index (κ2) is 8.53. The first-order valence-electron chi connectivity index (χ1n) is 8.95. The maximum absolute atomic E-state index is 13.4. The van der Waals surface area contributed by atoms with E-state index >= 15 is 0 Å². The van der Waals surface area contributed by atoms with E-state index in [0.29, 0.717) is 22.5 Å². The van der Waals surface area contributed by atoms with E-state index in [1.54, 1.807) is 12.1 Å². The molecule has 0 saturated heterocycles. The highest BCUT2D eigenvalue weighted by Crippen LogP contribution is 2.26. The summed E-state index contributed by atoms with van der Waals surface area (Å²) in [5.74, 6) is 6.59. The van der Waals surface area contributed by atoms with Gasteiger partial charge in [0.05, 0.1) is 5.25 Å². The van der Waals surface area contributed by atoms with E-state index in [2.05, 4.69) is 15.5 Å². The smallest absolute Gasteiger partial charge is 0.233 e. The van der Waals surface area contributed by atoms with Crippen LogP contribution in [0.2, 0.25) is 0 Å². The highest BCUT2D eigenvalue weighted by molar-refractivity contribution is 8.00. The van der Waals surface area contributed by atoms with E-state index in [9.17, 15) is 9.18 Å². The van der Waals surface area contributed by atoms with Crippen LogP contribution in [0.5, 0.6) is 0 Å². The van der Waals surface area contributed by atoms with Crippen LogP contribution in [0.15, 0.2) is 29.4 Å². The monoisotopic (exact) mass is 377 g/mol. The van der Waals surface area contributed by atoms with Gasteiger partial charge < -0.3 is 11.2 Å². The largest absolute Gasteiger partial charge is 0.355 e. The van der Waals surface area contributed by atoms with E-state index in [-0.39, 0.29) is 17.0 Å². The van der Waals surface area contributed by atoms with Crippen LogP contribution >= 0.6 is 11.8 Å². The van der Waals surface area contributed by atoms with Crippen molar-refractivity contribution in [1.82, 2.24) is 20.2 Å². The average Bonchev–Trinajstić information content (AvgIpc) is 3.01. The summed E-state index contributed by atoms with van der Waals surface area (Å²) in [5, 5.41) is 11.2. The molecule has 6 nitrogen and oxygen atoms in total. The van der Waals surface area contributed by atoms with Crippen LogP contribution < -0.4 is 11.2 Å². The Morgan fingerprint density at radius 3 is 2.88 bits per heavy atom. The van der Waals surface area contributed by atoms with Gasteiger partial charge in [0.2, 0.25) is 11.1 Å². The number of benzene rings is 1. The summed E-state index contributed by atoms with van der Waals surface area (Å²) in [7, 11) is 0. The number of nitrogens with one attached hydrogen (secondary N) is 1. The standard InChI is InChI=1S/C18H24FN5OS/c1-12(17(25)21-11-13-6-3-2-4-7-13)26-18-23-22-16(24(18)20)14-8-5-9-15(19)10-14/h5,8-10,12-13H,2-4,6-7,11,20H2,1H3,(H,21,25)/t12-/m1/s1. The van der Waals surface area contributed by atoms with Crippen molar-refractivity contribution in [3.63, 3.8) is 0 Å². The number of carbonyl (C=O) groups is 1. The first-order chi connectivity index (χ1) is 12.5. The number of carbonyl (C=O) groups excluding carboxylic acids is 1. The van der Waals surface area contributed by atoms with Gasteiger partial charge >= 0.3 is 0 Å². The second-order valence-corrected chi connectivity index (χ2v) is 8.00. The van der Waals surface area contributed by atoms with Crippen LogP contribution in [-0.2, 0) is 4.79 Å². The van der Waals surface area contributed by atoms with Gasteiger partial charge in [0, 0.05) is 12.1 Å². The van der Waals surface area contributed by atoms with Gasteiger partial charge in [0.1, 0.15) is 5.82 Å². The molecule has 1 saturated carbocycles. The molecule has 1 aliphatic carbocycles. The van der Waals surface area contributed by atoms with E-state index in [1.165, 1.54) is 60.7 Å². The molecular formula is C18H24FN5OS. The van der Waals surface area contributed by atoms with Gasteiger partial charge in [-0.25, -0.2) is 9.07 Å². The number of rotatable bonds is 6. The van der Waals surface area contributed by atoms with Crippen molar-refractivity contribution in [2.75, 3.05) is 12.4 Å². The lowest BCUT2D eigenvalue weighted by molar-refractivity contribution is -0.120. The maximum atomic E-state index is 13.4. The molecule has 1 atom stereocenters. The Bertz CT molecular complexity index is 760.